The fraction of sp³-hybridized carbons (Fsp3) is 0.647. The fourth-order valence-corrected chi connectivity index (χ4v) is 2.67. The smallest absolute Gasteiger partial charge is 0.0661 e. The lowest BCUT2D eigenvalue weighted by Crippen LogP contribution is -2.26. The van der Waals surface area contributed by atoms with E-state index in [9.17, 15) is 0 Å². The number of benzene rings is 1. The van der Waals surface area contributed by atoms with Gasteiger partial charge in [-0.3, -0.25) is 0 Å². The van der Waals surface area contributed by atoms with Crippen molar-refractivity contribution >= 4 is 0 Å². The van der Waals surface area contributed by atoms with Gasteiger partial charge in [-0.1, -0.05) is 39.0 Å². The predicted octanol–water partition coefficient (Wildman–Crippen LogP) is 3.81. The summed E-state index contributed by atoms with van der Waals surface area (Å²) in [6, 6.07) is 7.38. The second kappa shape index (κ2) is 7.06. The van der Waals surface area contributed by atoms with Gasteiger partial charge in [-0.05, 0) is 48.4 Å². The van der Waals surface area contributed by atoms with Crippen LogP contribution in [0.2, 0.25) is 0 Å². The molecule has 2 atom stereocenters. The molecule has 19 heavy (non-hydrogen) atoms. The Bertz CT molecular complexity index is 402. The average Bonchev–Trinajstić information content (AvgIpc) is 2.65. The summed E-state index contributed by atoms with van der Waals surface area (Å²) < 4.78 is 5.75. The maximum absolute atomic E-state index is 5.75. The summed E-state index contributed by atoms with van der Waals surface area (Å²) >= 11 is 0. The molecule has 2 unspecified atom stereocenters. The maximum Gasteiger partial charge on any atom is 0.0661 e. The Kier molecular flexibility index (Phi) is 5.41. The van der Waals surface area contributed by atoms with Crippen LogP contribution in [0.25, 0.3) is 0 Å². The van der Waals surface area contributed by atoms with Gasteiger partial charge in [0.2, 0.25) is 0 Å². The first-order chi connectivity index (χ1) is 9.26. The minimum absolute atomic E-state index is 0.362. The van der Waals surface area contributed by atoms with Crippen molar-refractivity contribution in [2.24, 2.45) is 0 Å². The highest BCUT2D eigenvalue weighted by atomic mass is 16.5. The monoisotopic (exact) mass is 261 g/mol. The van der Waals surface area contributed by atoms with Gasteiger partial charge in [0.15, 0.2) is 0 Å². The lowest BCUT2D eigenvalue weighted by atomic mass is 9.91. The SMILES string of the molecule is CCCNC1COCCc2ccc(C(C)CC)cc21. The van der Waals surface area contributed by atoms with E-state index in [2.05, 4.69) is 44.3 Å². The van der Waals surface area contributed by atoms with Gasteiger partial charge in [0.25, 0.3) is 0 Å². The molecule has 1 aromatic rings. The van der Waals surface area contributed by atoms with Crippen molar-refractivity contribution in [1.29, 1.82) is 0 Å². The number of rotatable bonds is 5. The van der Waals surface area contributed by atoms with Gasteiger partial charge in [0.05, 0.1) is 19.3 Å². The lowest BCUT2D eigenvalue weighted by molar-refractivity contribution is 0.121. The van der Waals surface area contributed by atoms with E-state index in [1.807, 2.05) is 0 Å². The molecule has 2 nitrogen and oxygen atoms in total. The van der Waals surface area contributed by atoms with Gasteiger partial charge in [0.1, 0.15) is 0 Å². The third-order valence-corrected chi connectivity index (χ3v) is 4.17. The zero-order valence-corrected chi connectivity index (χ0v) is 12.5. The zero-order chi connectivity index (χ0) is 13.7. The predicted molar refractivity (Wildman–Crippen MR) is 80.7 cm³/mol. The summed E-state index contributed by atoms with van der Waals surface area (Å²) in [5, 5.41) is 3.63. The van der Waals surface area contributed by atoms with E-state index in [1.54, 1.807) is 0 Å². The molecular weight excluding hydrogens is 234 g/mol. The van der Waals surface area contributed by atoms with Gasteiger partial charge in [-0.15, -0.1) is 0 Å². The van der Waals surface area contributed by atoms with Crippen LogP contribution in [0.5, 0.6) is 0 Å². The molecule has 106 valence electrons. The Hall–Kier alpha value is -0.860. The molecule has 0 saturated carbocycles. The van der Waals surface area contributed by atoms with Crippen LogP contribution in [0.3, 0.4) is 0 Å². The van der Waals surface area contributed by atoms with Gasteiger partial charge < -0.3 is 10.1 Å². The second-order valence-electron chi connectivity index (χ2n) is 5.60. The van der Waals surface area contributed by atoms with Gasteiger partial charge in [-0.25, -0.2) is 0 Å². The molecular formula is C17H27NO. The molecule has 1 heterocycles. The largest absolute Gasteiger partial charge is 0.379 e. The summed E-state index contributed by atoms with van der Waals surface area (Å²) in [7, 11) is 0. The van der Waals surface area contributed by atoms with Crippen molar-refractivity contribution in [3.8, 4) is 0 Å². The summed E-state index contributed by atoms with van der Waals surface area (Å²) in [4.78, 5) is 0. The molecule has 2 rings (SSSR count). The Morgan fingerprint density at radius 2 is 2.21 bits per heavy atom. The number of ether oxygens (including phenoxy) is 1. The first-order valence-electron chi connectivity index (χ1n) is 7.70. The van der Waals surface area contributed by atoms with E-state index in [0.717, 1.165) is 32.6 Å². The van der Waals surface area contributed by atoms with Crippen LogP contribution in [-0.4, -0.2) is 19.8 Å². The molecule has 0 aliphatic carbocycles. The highest BCUT2D eigenvalue weighted by Gasteiger charge is 2.19. The molecule has 0 radical (unpaired) electrons. The molecule has 1 aliphatic rings. The van der Waals surface area contributed by atoms with Crippen molar-refractivity contribution in [2.45, 2.75) is 52.0 Å². The van der Waals surface area contributed by atoms with E-state index in [4.69, 9.17) is 4.74 Å². The normalized spacial score (nSPS) is 20.7. The molecule has 0 aromatic heterocycles. The number of nitrogens with one attached hydrogen (secondary N) is 1. The number of fused-ring (bicyclic) bond motifs is 1. The number of hydrogen-bond donors (Lipinski definition) is 1. The minimum atomic E-state index is 0.362. The maximum atomic E-state index is 5.75. The van der Waals surface area contributed by atoms with E-state index in [-0.39, 0.29) is 0 Å². The molecule has 1 aliphatic heterocycles. The van der Waals surface area contributed by atoms with Gasteiger partial charge >= 0.3 is 0 Å². The van der Waals surface area contributed by atoms with Gasteiger partial charge in [-0.2, -0.15) is 0 Å². The van der Waals surface area contributed by atoms with E-state index in [0.29, 0.717) is 12.0 Å². The van der Waals surface area contributed by atoms with Crippen LogP contribution in [0.1, 0.15) is 62.3 Å². The topological polar surface area (TPSA) is 21.3 Å². The molecule has 0 amide bonds. The third kappa shape index (κ3) is 3.58. The molecule has 0 saturated heterocycles. The van der Waals surface area contributed by atoms with Crippen LogP contribution < -0.4 is 5.32 Å². The minimum Gasteiger partial charge on any atom is -0.379 e. The van der Waals surface area contributed by atoms with E-state index < -0.39 is 0 Å². The summed E-state index contributed by atoms with van der Waals surface area (Å²) in [6.07, 6.45) is 3.40. The quantitative estimate of drug-likeness (QED) is 0.870. The van der Waals surface area contributed by atoms with Crippen molar-refractivity contribution in [1.82, 2.24) is 5.32 Å². The average molecular weight is 261 g/mol. The van der Waals surface area contributed by atoms with Crippen LogP contribution in [-0.2, 0) is 11.2 Å². The first kappa shape index (κ1) is 14.5. The standard InChI is InChI=1S/C17H27NO/c1-4-9-18-17-12-19-10-8-14-6-7-15(11-16(14)17)13(3)5-2/h6-7,11,13,17-18H,4-5,8-10,12H2,1-3H3. The molecule has 1 N–H and O–H groups in total. The molecule has 2 heteroatoms. The highest BCUT2D eigenvalue weighted by Crippen LogP contribution is 2.28. The van der Waals surface area contributed by atoms with Crippen molar-refractivity contribution in [2.75, 3.05) is 19.8 Å². The zero-order valence-electron chi connectivity index (χ0n) is 12.5. The van der Waals surface area contributed by atoms with Crippen molar-refractivity contribution in [3.05, 3.63) is 34.9 Å². The second-order valence-corrected chi connectivity index (χ2v) is 5.60. The van der Waals surface area contributed by atoms with E-state index in [1.165, 1.54) is 23.1 Å². The molecule has 0 fully saturated rings. The van der Waals surface area contributed by atoms with Crippen LogP contribution >= 0.6 is 0 Å². The summed E-state index contributed by atoms with van der Waals surface area (Å²) in [6.45, 7) is 9.48. The Labute approximate surface area is 117 Å². The lowest BCUT2D eigenvalue weighted by Gasteiger charge is -2.20. The first-order valence-corrected chi connectivity index (χ1v) is 7.70. The number of hydrogen-bond acceptors (Lipinski definition) is 2. The fourth-order valence-electron chi connectivity index (χ4n) is 2.67. The van der Waals surface area contributed by atoms with E-state index >= 15 is 0 Å². The Morgan fingerprint density at radius 1 is 1.37 bits per heavy atom. The molecule has 1 aromatic carbocycles. The molecule has 0 spiro atoms. The van der Waals surface area contributed by atoms with Gasteiger partial charge in [0, 0.05) is 0 Å². The van der Waals surface area contributed by atoms with Crippen LogP contribution in [0, 0.1) is 0 Å². The van der Waals surface area contributed by atoms with Crippen molar-refractivity contribution in [3.63, 3.8) is 0 Å². The Balaban J connectivity index is 2.27. The van der Waals surface area contributed by atoms with Crippen molar-refractivity contribution < 1.29 is 4.74 Å². The van der Waals surface area contributed by atoms with Crippen LogP contribution in [0.15, 0.2) is 18.2 Å². The summed E-state index contributed by atoms with van der Waals surface area (Å²) in [5.41, 5.74) is 4.38. The Morgan fingerprint density at radius 3 is 2.95 bits per heavy atom. The molecule has 0 bridgehead atoms. The van der Waals surface area contributed by atoms with Crippen LogP contribution in [0.4, 0.5) is 0 Å². The highest BCUT2D eigenvalue weighted by molar-refractivity contribution is 5.36. The summed E-state index contributed by atoms with van der Waals surface area (Å²) in [5.74, 6) is 0.640. The third-order valence-electron chi connectivity index (χ3n) is 4.17.